The number of benzene rings is 3. The molecule has 16 unspecified atom stereocenters. The van der Waals surface area contributed by atoms with Crippen molar-refractivity contribution in [2.75, 3.05) is 44.5 Å². The first-order valence-corrected chi connectivity index (χ1v) is 35.5. The normalized spacial score (nSPS) is 34.4. The highest BCUT2D eigenvalue weighted by Gasteiger charge is 2.54. The molecule has 16 atom stereocenters. The molecule has 2 saturated carbocycles. The Kier molecular flexibility index (Phi) is 20.1. The molecule has 13 heteroatoms. The first-order valence-electron chi connectivity index (χ1n) is 33.0. The van der Waals surface area contributed by atoms with Crippen molar-refractivity contribution in [2.24, 2.45) is 70.3 Å². The maximum absolute atomic E-state index is 13.2. The summed E-state index contributed by atoms with van der Waals surface area (Å²) in [5.74, 6) is 11.0. The zero-order chi connectivity index (χ0) is 59.3. The van der Waals surface area contributed by atoms with Gasteiger partial charge in [-0.1, -0.05) is 158 Å². The summed E-state index contributed by atoms with van der Waals surface area (Å²) >= 11 is 0. The largest absolute Gasteiger partial charge is 0.504 e. The Labute approximate surface area is 519 Å². The summed E-state index contributed by atoms with van der Waals surface area (Å²) in [6.07, 6.45) is 20.5. The van der Waals surface area contributed by atoms with Gasteiger partial charge in [-0.25, -0.2) is 0 Å². The van der Waals surface area contributed by atoms with E-state index < -0.39 is 29.6 Å². The van der Waals surface area contributed by atoms with Crippen molar-refractivity contribution < 1.29 is 40.1 Å². The molecular weight excluding hydrogens is 1110 g/mol. The Balaban J connectivity index is 0.941. The highest BCUT2D eigenvalue weighted by molar-refractivity contribution is 8.76. The molecule has 4 aromatic rings. The zero-order valence-corrected chi connectivity index (χ0v) is 52.2. The Bertz CT molecular complexity index is 3080. The Hall–Kier alpha value is -4.62. The van der Waals surface area contributed by atoms with Gasteiger partial charge < -0.3 is 56.1 Å². The summed E-state index contributed by atoms with van der Waals surface area (Å²) in [7, 11) is 3.28. The lowest BCUT2D eigenvalue weighted by Gasteiger charge is -2.55. The van der Waals surface area contributed by atoms with Crippen LogP contribution in [-0.4, -0.2) is 105 Å². The first-order chi connectivity index (χ1) is 42.1. The van der Waals surface area contributed by atoms with Crippen LogP contribution in [0.25, 0.3) is 0 Å². The maximum atomic E-state index is 13.2. The maximum Gasteiger partial charge on any atom is 0.161 e. The van der Waals surface area contributed by atoms with Crippen LogP contribution in [0.2, 0.25) is 0 Å². The van der Waals surface area contributed by atoms with Crippen molar-refractivity contribution in [3.63, 3.8) is 0 Å². The van der Waals surface area contributed by atoms with Gasteiger partial charge in [-0.15, -0.1) is 0 Å². The molecule has 462 valence electrons. The molecule has 2 aliphatic heterocycles. The lowest BCUT2D eigenvalue weighted by Crippen LogP contribution is -2.50. The number of rotatable bonds is 12. The van der Waals surface area contributed by atoms with E-state index in [-0.39, 0.29) is 91.4 Å². The van der Waals surface area contributed by atoms with Crippen molar-refractivity contribution >= 4 is 21.6 Å². The standard InChI is InChI=1S/C73H95N3O8S2/c1-2-45-30-52-36-65(80)68(84-69-37-53(32-55-20-13-26-75-55)56-23-27-76-72(74)63(56)44-86-85-43-54(41-78)71(69)82)39-58(52)60-38-66(81)70-50(34-57(45)60)22-25-73(24-12-11-21-67(70)83-29-28-77)40-62(47-16-7-4-8-17-47)59-33-49-19-10-9-18-48(49)31-51(35-61(59)64(73)42-79)46-14-5-3-6-15-46/h4,7-10,13,16-20,23,26,34,36,39,45-46,50-51,53-54,59-62,64,66-67,69-71,75-82H,2-3,5-6,11-12,14-15,21,24,27-33,35,37-38,40-44,74H2,1H3. The number of ether oxygens (including phenoxy) is 2. The number of nitrogens with two attached hydrogens (primary N) is 1. The lowest BCUT2D eigenvalue weighted by molar-refractivity contribution is -0.0627. The number of dihydropyridines is 1. The molecule has 86 heavy (non-hydrogen) atoms. The summed E-state index contributed by atoms with van der Waals surface area (Å²) in [6, 6.07) is 28.4. The third-order valence-corrected chi connectivity index (χ3v) is 24.8. The Morgan fingerprint density at radius 2 is 1.59 bits per heavy atom. The number of phenols is 1. The van der Waals surface area contributed by atoms with Crippen LogP contribution in [-0.2, 0) is 30.4 Å². The highest BCUT2D eigenvalue weighted by atomic mass is 33.1. The van der Waals surface area contributed by atoms with E-state index in [9.17, 15) is 30.6 Å². The topological polar surface area (TPSA) is 194 Å². The minimum atomic E-state index is -1.06. The number of hydrogen-bond acceptors (Lipinski definition) is 12. The van der Waals surface area contributed by atoms with Crippen LogP contribution in [0.3, 0.4) is 0 Å². The van der Waals surface area contributed by atoms with Crippen LogP contribution in [0.1, 0.15) is 142 Å². The number of aliphatic hydroxyl groups is 5. The predicted octanol–water partition coefficient (Wildman–Crippen LogP) is 11.7. The molecule has 10 N–H and O–H groups in total. The molecule has 1 aromatic heterocycles. The lowest BCUT2D eigenvalue weighted by atomic mass is 9.49. The van der Waals surface area contributed by atoms with Gasteiger partial charge in [0.1, 0.15) is 11.9 Å². The number of phenolic OH excluding ortho intramolecular Hbond substituents is 1. The monoisotopic (exact) mass is 1210 g/mol. The molecule has 0 radical (unpaired) electrons. The van der Waals surface area contributed by atoms with Crippen molar-refractivity contribution in [3.05, 3.63) is 153 Å². The first kappa shape index (κ1) is 61.6. The van der Waals surface area contributed by atoms with Gasteiger partial charge in [0.2, 0.25) is 0 Å². The van der Waals surface area contributed by atoms with E-state index >= 15 is 0 Å². The number of nitrogens with one attached hydrogen (secondary N) is 2. The summed E-state index contributed by atoms with van der Waals surface area (Å²) in [5, 5.41) is 74.6. The average molecular weight is 1210 g/mol. The Morgan fingerprint density at radius 1 is 0.791 bits per heavy atom. The van der Waals surface area contributed by atoms with E-state index in [1.165, 1.54) is 54.4 Å². The van der Waals surface area contributed by atoms with Crippen LogP contribution in [0.5, 0.6) is 11.5 Å². The summed E-state index contributed by atoms with van der Waals surface area (Å²) in [5.41, 5.74) is 17.1. The van der Waals surface area contributed by atoms with Gasteiger partial charge in [0.25, 0.3) is 0 Å². The highest BCUT2D eigenvalue weighted by Crippen LogP contribution is 2.60. The fourth-order valence-electron chi connectivity index (χ4n) is 18.0. The number of hydrogen-bond donors (Lipinski definition) is 9. The second-order valence-corrected chi connectivity index (χ2v) is 29.6. The van der Waals surface area contributed by atoms with Crippen LogP contribution < -0.4 is 15.8 Å². The molecule has 3 fully saturated rings. The second kappa shape index (κ2) is 28.0. The number of allylic oxidation sites excluding steroid dienone is 3. The minimum Gasteiger partial charge on any atom is -0.504 e. The third-order valence-electron chi connectivity index (χ3n) is 22.4. The fraction of sp³-hybridized carbons (Fsp3) is 0.589. The van der Waals surface area contributed by atoms with Crippen molar-refractivity contribution in [3.8, 4) is 23.3 Å². The van der Waals surface area contributed by atoms with Crippen LogP contribution >= 0.6 is 21.6 Å². The molecule has 6 aliphatic carbocycles. The van der Waals surface area contributed by atoms with Crippen molar-refractivity contribution in [1.29, 1.82) is 0 Å². The summed E-state index contributed by atoms with van der Waals surface area (Å²) in [4.78, 5) is 3.40. The van der Waals surface area contributed by atoms with Crippen molar-refractivity contribution in [1.82, 2.24) is 10.3 Å². The van der Waals surface area contributed by atoms with E-state index in [1.807, 2.05) is 24.4 Å². The molecule has 0 bridgehead atoms. The zero-order valence-electron chi connectivity index (χ0n) is 50.5. The van der Waals surface area contributed by atoms with E-state index in [0.717, 1.165) is 85.8 Å². The summed E-state index contributed by atoms with van der Waals surface area (Å²) in [6.45, 7) is 2.74. The third kappa shape index (κ3) is 13.0. The van der Waals surface area contributed by atoms with Gasteiger partial charge in [0, 0.05) is 83.7 Å². The molecule has 1 saturated heterocycles. The summed E-state index contributed by atoms with van der Waals surface area (Å²) < 4.78 is 13.8. The average Bonchev–Trinajstić information content (AvgIpc) is 1.36. The molecule has 3 aromatic carbocycles. The van der Waals surface area contributed by atoms with E-state index in [4.69, 9.17) is 15.2 Å². The number of H-pyrrole nitrogens is 1. The molecular formula is C73H95N3O8S2. The van der Waals surface area contributed by atoms with Gasteiger partial charge in [-0.2, -0.15) is 0 Å². The van der Waals surface area contributed by atoms with Gasteiger partial charge in [0.15, 0.2) is 11.5 Å². The van der Waals surface area contributed by atoms with Crippen LogP contribution in [0, 0.1) is 76.4 Å². The van der Waals surface area contributed by atoms with E-state index in [2.05, 4.69) is 102 Å². The van der Waals surface area contributed by atoms with Gasteiger partial charge in [0.05, 0.1) is 31.5 Å². The van der Waals surface area contributed by atoms with E-state index in [0.29, 0.717) is 67.3 Å². The van der Waals surface area contributed by atoms with Crippen LogP contribution in [0.15, 0.2) is 120 Å². The molecule has 3 heterocycles. The number of fused-ring (bicyclic) bond motifs is 7. The fourth-order valence-corrected chi connectivity index (χ4v) is 20.6. The quantitative estimate of drug-likeness (QED) is 0.0371. The van der Waals surface area contributed by atoms with Gasteiger partial charge >= 0.3 is 0 Å². The molecule has 1 spiro atoms. The molecule has 11 nitrogen and oxygen atoms in total. The second-order valence-electron chi connectivity index (χ2n) is 27.1. The number of aromatic hydroxyl groups is 1. The minimum absolute atomic E-state index is 0.00216. The Morgan fingerprint density at radius 3 is 2.36 bits per heavy atom. The molecule has 8 aliphatic rings. The predicted molar refractivity (Wildman–Crippen MR) is 345 cm³/mol. The number of aliphatic hydroxyl groups excluding tert-OH is 5. The van der Waals surface area contributed by atoms with Crippen molar-refractivity contribution in [2.45, 2.75) is 159 Å². The van der Waals surface area contributed by atoms with Crippen LogP contribution in [0.4, 0.5) is 0 Å². The number of aromatic nitrogens is 1. The SMILES string of the molecule is CCC1Cc2cc(O)c(OC3CC(Cc4ccc[nH]4)C4=CCNC(N)=C4CSSCC(CO)C3O)cc2C2CC(O)C3C(C#CC4(CCCCC3OCCO)CC(c3ccccc3)C3Cc5ccccc5CC(C5CCCCC5)CC3C4CO)C=C12. The molecule has 12 rings (SSSR count). The number of aromatic amines is 1. The molecule has 0 amide bonds. The van der Waals surface area contributed by atoms with Gasteiger partial charge in [-0.3, -0.25) is 0 Å². The van der Waals surface area contributed by atoms with Gasteiger partial charge in [-0.05, 0) is 170 Å². The van der Waals surface area contributed by atoms with E-state index in [1.54, 1.807) is 21.6 Å². The smallest absolute Gasteiger partial charge is 0.161 e.